The van der Waals surface area contributed by atoms with E-state index in [9.17, 15) is 0 Å². The third kappa shape index (κ3) is 0.669. The topological polar surface area (TPSA) is 24.4 Å². The van der Waals surface area contributed by atoms with E-state index in [4.69, 9.17) is 0 Å². The van der Waals surface area contributed by atoms with Crippen molar-refractivity contribution in [1.82, 2.24) is 5.32 Å². The van der Waals surface area contributed by atoms with Crippen LogP contribution in [-0.2, 0) is 0 Å². The van der Waals surface area contributed by atoms with Crippen molar-refractivity contribution in [2.75, 3.05) is 0 Å². The summed E-state index contributed by atoms with van der Waals surface area (Å²) in [5.41, 5.74) is 0. The number of nitrogens with one attached hydrogen (secondary N) is 1. The van der Waals surface area contributed by atoms with Gasteiger partial charge in [-0.15, -0.1) is 0 Å². The lowest BCUT2D eigenvalue weighted by molar-refractivity contribution is 0.696. The molecular formula is C7H8N2. The van der Waals surface area contributed by atoms with Gasteiger partial charge in [0.15, 0.2) is 0 Å². The molecule has 2 unspecified atom stereocenters. The van der Waals surface area contributed by atoms with Gasteiger partial charge in [-0.05, 0) is 0 Å². The number of fused-ring (bicyclic) bond motifs is 1. The zero-order valence-electron chi connectivity index (χ0n) is 4.99. The van der Waals surface area contributed by atoms with Gasteiger partial charge >= 0.3 is 0 Å². The maximum absolute atomic E-state index is 4.18. The molecule has 1 aliphatic heterocycles. The fourth-order valence-electron chi connectivity index (χ4n) is 1.11. The van der Waals surface area contributed by atoms with E-state index >= 15 is 0 Å². The van der Waals surface area contributed by atoms with E-state index in [1.807, 2.05) is 12.2 Å². The van der Waals surface area contributed by atoms with Crippen molar-refractivity contribution in [3.63, 3.8) is 0 Å². The van der Waals surface area contributed by atoms with Gasteiger partial charge in [0.1, 0.15) is 0 Å². The Bertz CT molecular complexity index is 191. The molecule has 0 saturated heterocycles. The standard InChI is InChI=1S/C7H8N2/c1-2-4-7-6(3-1)8-5-9-7/h1-7H,(H,8,9). The molecule has 2 nitrogen and oxygen atoms in total. The summed E-state index contributed by atoms with van der Waals surface area (Å²) in [5.74, 6) is 0. The van der Waals surface area contributed by atoms with Gasteiger partial charge in [0.05, 0.1) is 18.4 Å². The quantitative estimate of drug-likeness (QED) is 0.494. The largest absolute Gasteiger partial charge is 0.368 e. The monoisotopic (exact) mass is 120 g/mol. The first-order chi connectivity index (χ1) is 4.47. The maximum Gasteiger partial charge on any atom is 0.0937 e. The third-order valence-electron chi connectivity index (χ3n) is 1.62. The van der Waals surface area contributed by atoms with Gasteiger partial charge in [0, 0.05) is 0 Å². The fraction of sp³-hybridized carbons (Fsp3) is 0.286. The molecule has 1 N–H and O–H groups in total. The Kier molecular flexibility index (Phi) is 0.918. The molecule has 9 heavy (non-hydrogen) atoms. The lowest BCUT2D eigenvalue weighted by Gasteiger charge is -2.12. The van der Waals surface area contributed by atoms with E-state index in [1.54, 1.807) is 6.34 Å². The molecule has 1 aliphatic carbocycles. The second-order valence-electron chi connectivity index (χ2n) is 2.23. The zero-order valence-corrected chi connectivity index (χ0v) is 4.99. The van der Waals surface area contributed by atoms with Crippen LogP contribution in [0.3, 0.4) is 0 Å². The van der Waals surface area contributed by atoms with Crippen LogP contribution in [0.1, 0.15) is 0 Å². The van der Waals surface area contributed by atoms with E-state index < -0.39 is 0 Å². The highest BCUT2D eigenvalue weighted by Crippen LogP contribution is 2.10. The van der Waals surface area contributed by atoms with Gasteiger partial charge in [-0.1, -0.05) is 24.3 Å². The molecule has 0 fully saturated rings. The van der Waals surface area contributed by atoms with Gasteiger partial charge < -0.3 is 5.32 Å². The molecule has 1 heterocycles. The minimum Gasteiger partial charge on any atom is -0.368 e. The first-order valence-corrected chi connectivity index (χ1v) is 3.09. The highest BCUT2D eigenvalue weighted by Gasteiger charge is 2.19. The molecule has 2 atom stereocenters. The molecule has 0 radical (unpaired) electrons. The Balaban J connectivity index is 2.25. The Hall–Kier alpha value is -1.05. The number of rotatable bonds is 0. The molecule has 2 heteroatoms. The predicted molar refractivity (Wildman–Crippen MR) is 37.5 cm³/mol. The first kappa shape index (κ1) is 4.79. The second-order valence-corrected chi connectivity index (χ2v) is 2.23. The van der Waals surface area contributed by atoms with Crippen LogP contribution in [0.4, 0.5) is 0 Å². The molecule has 2 aliphatic rings. The van der Waals surface area contributed by atoms with E-state index in [1.165, 1.54) is 0 Å². The molecule has 46 valence electrons. The molecule has 2 rings (SSSR count). The van der Waals surface area contributed by atoms with Crippen molar-refractivity contribution in [2.45, 2.75) is 12.1 Å². The molecule has 0 spiro atoms. The van der Waals surface area contributed by atoms with Crippen molar-refractivity contribution in [2.24, 2.45) is 4.99 Å². The number of aliphatic imine (C=N–C) groups is 1. The third-order valence-corrected chi connectivity index (χ3v) is 1.62. The summed E-state index contributed by atoms with van der Waals surface area (Å²) in [6, 6.07) is 0.782. The molecule has 0 saturated carbocycles. The average Bonchev–Trinajstić information content (AvgIpc) is 2.33. The first-order valence-electron chi connectivity index (χ1n) is 3.09. The van der Waals surface area contributed by atoms with Gasteiger partial charge in [-0.25, -0.2) is 0 Å². The second kappa shape index (κ2) is 1.72. The number of hydrogen-bond acceptors (Lipinski definition) is 2. The summed E-state index contributed by atoms with van der Waals surface area (Å²) in [6.45, 7) is 0. The van der Waals surface area contributed by atoms with Crippen LogP contribution in [0, 0.1) is 0 Å². The van der Waals surface area contributed by atoms with Crippen LogP contribution in [0.15, 0.2) is 29.3 Å². The molecule has 0 aromatic heterocycles. The molecular weight excluding hydrogens is 112 g/mol. The van der Waals surface area contributed by atoms with E-state index in [-0.39, 0.29) is 0 Å². The summed E-state index contributed by atoms with van der Waals surface area (Å²) in [6.07, 6.45) is 10.1. The summed E-state index contributed by atoms with van der Waals surface area (Å²) < 4.78 is 0. The molecule has 0 aromatic carbocycles. The molecule has 0 bridgehead atoms. The minimum absolute atomic E-state index is 0.356. The van der Waals surface area contributed by atoms with Crippen LogP contribution >= 0.6 is 0 Å². The lowest BCUT2D eigenvalue weighted by Crippen LogP contribution is -2.29. The average molecular weight is 120 g/mol. The number of nitrogens with zero attached hydrogens (tertiary/aromatic N) is 1. The Morgan fingerprint density at radius 2 is 2.11 bits per heavy atom. The van der Waals surface area contributed by atoms with Crippen LogP contribution in [0.25, 0.3) is 0 Å². The Labute approximate surface area is 54.0 Å². The summed E-state index contributed by atoms with van der Waals surface area (Å²) in [4.78, 5) is 4.18. The van der Waals surface area contributed by atoms with E-state index in [0.717, 1.165) is 0 Å². The van der Waals surface area contributed by atoms with Crippen LogP contribution in [0.2, 0.25) is 0 Å². The van der Waals surface area contributed by atoms with Gasteiger partial charge in [-0.3, -0.25) is 4.99 Å². The predicted octanol–water partition coefficient (Wildman–Crippen LogP) is 0.481. The smallest absolute Gasteiger partial charge is 0.0937 e. The van der Waals surface area contributed by atoms with E-state index in [0.29, 0.717) is 12.1 Å². The van der Waals surface area contributed by atoms with Gasteiger partial charge in [0.25, 0.3) is 0 Å². The van der Waals surface area contributed by atoms with Gasteiger partial charge in [0.2, 0.25) is 0 Å². The van der Waals surface area contributed by atoms with Crippen molar-refractivity contribution in [3.8, 4) is 0 Å². The SMILES string of the molecule is C1=CC2N=CNC2C=C1. The van der Waals surface area contributed by atoms with Crippen LogP contribution in [0.5, 0.6) is 0 Å². The van der Waals surface area contributed by atoms with E-state index in [2.05, 4.69) is 22.5 Å². The fourth-order valence-corrected chi connectivity index (χ4v) is 1.11. The molecule has 0 aromatic rings. The van der Waals surface area contributed by atoms with Gasteiger partial charge in [-0.2, -0.15) is 0 Å². The highest BCUT2D eigenvalue weighted by atomic mass is 15.1. The summed E-state index contributed by atoms with van der Waals surface area (Å²) in [5, 5.41) is 3.13. The maximum atomic E-state index is 4.18. The number of hydrogen-bond donors (Lipinski definition) is 1. The highest BCUT2D eigenvalue weighted by molar-refractivity contribution is 5.60. The zero-order chi connectivity index (χ0) is 6.10. The summed E-state index contributed by atoms with van der Waals surface area (Å²) >= 11 is 0. The van der Waals surface area contributed by atoms with Crippen LogP contribution in [-0.4, -0.2) is 18.4 Å². The Morgan fingerprint density at radius 3 is 3.00 bits per heavy atom. The molecule has 0 amide bonds. The van der Waals surface area contributed by atoms with Crippen molar-refractivity contribution >= 4 is 6.34 Å². The van der Waals surface area contributed by atoms with Crippen molar-refractivity contribution in [3.05, 3.63) is 24.3 Å². The van der Waals surface area contributed by atoms with Crippen molar-refractivity contribution < 1.29 is 0 Å². The van der Waals surface area contributed by atoms with Crippen molar-refractivity contribution in [1.29, 1.82) is 0 Å². The van der Waals surface area contributed by atoms with Crippen LogP contribution < -0.4 is 5.32 Å². The summed E-state index contributed by atoms with van der Waals surface area (Å²) in [7, 11) is 0. The normalized spacial score (nSPS) is 36.4. The Morgan fingerprint density at radius 1 is 1.22 bits per heavy atom. The lowest BCUT2D eigenvalue weighted by atomic mass is 10.1. The minimum atomic E-state index is 0.356. The number of allylic oxidation sites excluding steroid dienone is 2.